The van der Waals surface area contributed by atoms with Crippen LogP contribution in [-0.2, 0) is 53.3 Å². The summed E-state index contributed by atoms with van der Waals surface area (Å²) >= 11 is 6.69. The first-order valence-corrected chi connectivity index (χ1v) is 44.5. The molecule has 0 aliphatic carbocycles. The van der Waals surface area contributed by atoms with E-state index in [9.17, 15) is 32.8 Å². The van der Waals surface area contributed by atoms with Crippen molar-refractivity contribution in [3.63, 3.8) is 0 Å². The maximum Gasteiger partial charge on any atom is 0.318 e. The summed E-state index contributed by atoms with van der Waals surface area (Å²) in [6.45, 7) is 37.5. The van der Waals surface area contributed by atoms with E-state index in [1.165, 1.54) is 62.6 Å². The predicted octanol–water partition coefficient (Wildman–Crippen LogP) is 13.2. The van der Waals surface area contributed by atoms with E-state index in [4.69, 9.17) is 55.7 Å². The minimum absolute atomic E-state index is 0. The minimum atomic E-state index is -1.26. The first-order chi connectivity index (χ1) is 60.4. The molecule has 18 rings (SSSR count). The van der Waals surface area contributed by atoms with Crippen molar-refractivity contribution in [2.75, 3.05) is 182 Å². The van der Waals surface area contributed by atoms with Gasteiger partial charge >= 0.3 is 18.0 Å². The molecule has 2 N–H and O–H groups in total. The molecule has 0 radical (unpaired) electrons. The molecule has 0 bridgehead atoms. The van der Waals surface area contributed by atoms with Crippen molar-refractivity contribution in [1.29, 1.82) is 5.26 Å². The molecule has 6 saturated heterocycles. The summed E-state index contributed by atoms with van der Waals surface area (Å²) in [4.78, 5) is 98.3. The van der Waals surface area contributed by atoms with Gasteiger partial charge in [-0.15, -0.1) is 0 Å². The van der Waals surface area contributed by atoms with Gasteiger partial charge in [-0.25, -0.2) is 13.2 Å². The summed E-state index contributed by atoms with van der Waals surface area (Å²) in [5.74, 6) is 2.28. The third kappa shape index (κ3) is 20.6. The van der Waals surface area contributed by atoms with Crippen molar-refractivity contribution in [2.24, 2.45) is 0 Å². The second kappa shape index (κ2) is 40.0. The molecule has 3 unspecified atom stereocenters. The average molecular weight is 1830 g/mol. The van der Waals surface area contributed by atoms with E-state index >= 15 is 0 Å². The molecule has 9 aromatic rings. The lowest BCUT2D eigenvalue weighted by atomic mass is 9.99. The molecule has 6 fully saturated rings. The Morgan fingerprint density at radius 2 is 0.891 bits per heavy atom. The van der Waals surface area contributed by atoms with Gasteiger partial charge in [0.1, 0.15) is 54.3 Å². The van der Waals surface area contributed by atoms with Gasteiger partial charge in [-0.05, 0) is 171 Å². The van der Waals surface area contributed by atoms with Gasteiger partial charge < -0.3 is 68.3 Å². The number of nitrogens with zero attached hydrogens (tertiary/aromatic N) is 19. The number of aromatic nitrogens is 8. The Kier molecular flexibility index (Phi) is 29.8. The molecule has 27 nitrogen and oxygen atoms in total. The molecule has 33 heteroatoms. The second-order valence-corrected chi connectivity index (χ2v) is 36.7. The Bertz CT molecular complexity index is 5450. The average Bonchev–Trinajstić information content (AvgIpc) is 1.75. The van der Waals surface area contributed by atoms with Crippen molar-refractivity contribution < 1.29 is 41.8 Å². The summed E-state index contributed by atoms with van der Waals surface area (Å²) in [6, 6.07) is 23.5. The lowest BCUT2D eigenvalue weighted by Gasteiger charge is -2.42. The number of H-pyrrole nitrogens is 2. The Morgan fingerprint density at radius 3 is 1.28 bits per heavy atom. The van der Waals surface area contributed by atoms with Gasteiger partial charge in [-0.3, -0.25) is 29.1 Å². The number of alkyl halides is 3. The zero-order valence-electron chi connectivity index (χ0n) is 75.3. The third-order valence-electron chi connectivity index (χ3n) is 27.1. The van der Waals surface area contributed by atoms with E-state index in [2.05, 4.69) is 135 Å². The Labute approximate surface area is 774 Å². The van der Waals surface area contributed by atoms with Crippen molar-refractivity contribution >= 4 is 123 Å². The molecular weight excluding hydrogens is 1700 g/mol. The van der Waals surface area contributed by atoms with Crippen molar-refractivity contribution in [2.45, 2.75) is 162 Å². The van der Waals surface area contributed by atoms with Gasteiger partial charge in [0.05, 0.1) is 60.3 Å². The number of amides is 3. The van der Waals surface area contributed by atoms with E-state index in [1.807, 2.05) is 76.2 Å². The number of nitriles is 1. The smallest absolute Gasteiger partial charge is 0.318 e. The number of anilines is 6. The van der Waals surface area contributed by atoms with Crippen LogP contribution in [0.25, 0.3) is 32.6 Å². The van der Waals surface area contributed by atoms with Crippen LogP contribution in [0.2, 0.25) is 5.02 Å². The zero-order chi connectivity index (χ0) is 88.8. The van der Waals surface area contributed by atoms with Crippen molar-refractivity contribution in [3.8, 4) is 24.1 Å². The van der Waals surface area contributed by atoms with Crippen LogP contribution in [0.15, 0.2) is 111 Å². The quantitative estimate of drug-likeness (QED) is 0.0714. The van der Waals surface area contributed by atoms with Gasteiger partial charge in [0.2, 0.25) is 17.7 Å². The number of rotatable bonds is 19. The van der Waals surface area contributed by atoms with Crippen LogP contribution in [0.5, 0.6) is 18.0 Å². The largest absolute Gasteiger partial charge is 0.462 e. The Balaban J connectivity index is 0.000000163. The highest BCUT2D eigenvalue weighted by molar-refractivity contribution is 7.59. The van der Waals surface area contributed by atoms with Crippen LogP contribution in [-0.4, -0.2) is 280 Å². The summed E-state index contributed by atoms with van der Waals surface area (Å²) in [5.41, 5.74) is 13.2. The molecule has 3 amide bonds. The molecule has 0 spiro atoms. The number of hydrogen-bond acceptors (Lipinski definition) is 22. The highest BCUT2D eigenvalue weighted by atomic mass is 35.5. The van der Waals surface area contributed by atoms with Gasteiger partial charge in [0.25, 0.3) is 0 Å². The molecular formula is C96H125ClF3N21O6S2. The highest BCUT2D eigenvalue weighted by Gasteiger charge is 2.44. The molecule has 14 heterocycles. The predicted molar refractivity (Wildman–Crippen MR) is 517 cm³/mol. The van der Waals surface area contributed by atoms with Gasteiger partial charge in [0, 0.05) is 222 Å². The number of hydrogen-bond donors (Lipinski definition) is 2. The van der Waals surface area contributed by atoms with Crippen molar-refractivity contribution in [3.05, 3.63) is 172 Å². The fourth-order valence-electron chi connectivity index (χ4n) is 20.4. The molecule has 9 aliphatic heterocycles. The number of aryl methyl sites for hydroxylation is 2. The van der Waals surface area contributed by atoms with Gasteiger partial charge in [0.15, 0.2) is 0 Å². The first-order valence-electron chi connectivity index (χ1n) is 44.1. The fraction of sp³-hybridized carbons (Fsp3) is 0.500. The van der Waals surface area contributed by atoms with Crippen molar-refractivity contribution in [1.82, 2.24) is 69.3 Å². The Hall–Kier alpha value is -10.6. The normalized spacial score (nSPS) is 22.9. The van der Waals surface area contributed by atoms with Crippen LogP contribution in [0.1, 0.15) is 110 Å². The maximum absolute atomic E-state index is 14.7. The van der Waals surface area contributed by atoms with E-state index in [0.29, 0.717) is 167 Å². The summed E-state index contributed by atoms with van der Waals surface area (Å²) in [6.07, 6.45) is 11.8. The van der Waals surface area contributed by atoms with Crippen LogP contribution in [0.3, 0.4) is 0 Å². The molecule has 690 valence electrons. The number of likely N-dealkylation sites (N-methyl/N-ethyl adjacent to an activating group) is 3. The Morgan fingerprint density at radius 1 is 0.512 bits per heavy atom. The topological polar surface area (TPSA) is 250 Å². The van der Waals surface area contributed by atoms with E-state index in [-0.39, 0.29) is 95.3 Å². The first kappa shape index (κ1) is 96.0. The lowest BCUT2D eigenvalue weighted by Crippen LogP contribution is -2.55. The highest BCUT2D eigenvalue weighted by Crippen LogP contribution is 2.44. The molecule has 5 aromatic heterocycles. The molecule has 129 heavy (non-hydrogen) atoms. The van der Waals surface area contributed by atoms with Crippen LogP contribution in [0, 0.1) is 39.0 Å². The monoisotopic (exact) mass is 1820 g/mol. The van der Waals surface area contributed by atoms with Gasteiger partial charge in [-0.2, -0.15) is 62.2 Å². The summed E-state index contributed by atoms with van der Waals surface area (Å²) in [5, 5.41) is 14.7. The molecule has 9 aliphatic rings. The number of benzene rings is 4. The summed E-state index contributed by atoms with van der Waals surface area (Å²) in [7, 11) is 5.78. The number of likely N-dealkylation sites (tertiary alicyclic amines) is 3. The van der Waals surface area contributed by atoms with Crippen LogP contribution < -0.4 is 43.6 Å². The SMILES string of the molecule is C.C=CC(=O)N1CCN(c2nc(OC[C@@H]3CC(C)(F)CN3C)nc3c2CCN(c2c(C)c(C)cc4[nH]ccc24)C3)CC1.C=CC(=O)N1CCN(c2nc(OC[C@@H]3CC(C)(F)CN3C)nc3c2CCN(c2c(C)c(C)cc4[nH]ccc24)C3)CC1.C=CC(=O)N1CCN(c2nc(OC[C@@H]3CC(C)(F)CN3C)nc3c2CCN(c2cccc4cccc(Cl)c24)C3)C[C@@H]1CC#N.S.S. The standard InChI is InChI=1S/C33H37ClFN7O2.2C31H40FN7O2.CH4.2H2S/c1-4-29(43)42-16-15-41(18-23(42)11-13-36)31-25-12-14-40(28-10-6-8-22-7-5-9-26(34)30(22)28)19-27(25)37-32(38-31)44-20-24-17-33(2,35)21-39(24)3;2*1-6-27(40)37-11-13-38(14-12-37)29-24-8-10-39(28-21(3)20(2)15-25-23(28)7-9-33-25)17-26(24)34-30(35-29)41-18-22-16-31(4,32)19-36(22)5;;;/h4-10,23-24H,1,11-12,14-21H2,2-3H3;2*6-7,9,15,22,33H,1,8,10-14,16-19H2,2-5H3;1H4;2*1H2/t23-,24-,33?;2*22-,31?;;;/m000.../s1. The number of halogens is 4. The van der Waals surface area contributed by atoms with E-state index in [1.54, 1.807) is 25.7 Å². The minimum Gasteiger partial charge on any atom is -0.462 e. The molecule has 7 atom stereocenters. The number of piperazine rings is 3. The number of ether oxygens (including phenoxy) is 3. The molecule has 0 saturated carbocycles. The van der Waals surface area contributed by atoms with E-state index in [0.717, 1.165) is 111 Å². The molecule has 4 aromatic carbocycles. The number of carbonyl (C=O) groups excluding carboxylic acids is 3. The zero-order valence-corrected chi connectivity index (χ0v) is 78.0. The second-order valence-electron chi connectivity index (χ2n) is 36.3. The fourth-order valence-corrected chi connectivity index (χ4v) is 20.6. The maximum atomic E-state index is 14.7. The van der Waals surface area contributed by atoms with E-state index < -0.39 is 17.0 Å². The number of carbonyl (C=O) groups is 3. The summed E-state index contributed by atoms with van der Waals surface area (Å²) < 4.78 is 62.7. The van der Waals surface area contributed by atoms with Crippen LogP contribution in [0.4, 0.5) is 47.7 Å². The number of fused-ring (bicyclic) bond motifs is 6. The van der Waals surface area contributed by atoms with Crippen LogP contribution >= 0.6 is 38.6 Å². The number of nitrogens with one attached hydrogen (secondary N) is 2. The number of aromatic amines is 2. The van der Waals surface area contributed by atoms with Gasteiger partial charge in [-0.1, -0.05) is 63.0 Å². The third-order valence-corrected chi connectivity index (χ3v) is 27.4. The lowest BCUT2D eigenvalue weighted by molar-refractivity contribution is -0.128.